The highest BCUT2D eigenvalue weighted by Gasteiger charge is 2.51. The Morgan fingerprint density at radius 1 is 0.939 bits per heavy atom. The lowest BCUT2D eigenvalue weighted by molar-refractivity contribution is -0.0731. The molecule has 10 nitrogen and oxygen atoms in total. The Bertz CT molecular complexity index is 1730. The summed E-state index contributed by atoms with van der Waals surface area (Å²) >= 11 is 6.01. The molecular weight excluding hydrogens is 638 g/mol. The molecule has 1 fully saturated rings. The van der Waals surface area contributed by atoms with Crippen LogP contribution in [0.25, 0.3) is 10.9 Å². The summed E-state index contributed by atoms with van der Waals surface area (Å²) in [7, 11) is 1.63. The number of hydrogen-bond donors (Lipinski definition) is 2. The molecule has 2 N–H and O–H groups in total. The zero-order valence-electron chi connectivity index (χ0n) is 29.8. The third kappa shape index (κ3) is 8.25. The molecule has 49 heavy (non-hydrogen) atoms. The summed E-state index contributed by atoms with van der Waals surface area (Å²) < 4.78 is 11.9. The van der Waals surface area contributed by atoms with Crippen molar-refractivity contribution in [2.45, 2.75) is 53.5 Å². The van der Waals surface area contributed by atoms with Crippen LogP contribution in [0.1, 0.15) is 58.3 Å². The minimum absolute atomic E-state index is 0.0597. The fraction of sp³-hybridized carbons (Fsp3) is 0.447. The van der Waals surface area contributed by atoms with Gasteiger partial charge in [-0.15, -0.1) is 0 Å². The Hall–Kier alpha value is -3.99. The lowest BCUT2D eigenvalue weighted by Gasteiger charge is -2.59. The van der Waals surface area contributed by atoms with Crippen LogP contribution in [0.15, 0.2) is 61.1 Å². The molecule has 1 amide bonds. The number of methoxy groups -OCH3 is 1. The van der Waals surface area contributed by atoms with Gasteiger partial charge < -0.3 is 25.0 Å². The van der Waals surface area contributed by atoms with Gasteiger partial charge in [-0.05, 0) is 60.6 Å². The van der Waals surface area contributed by atoms with Crippen molar-refractivity contribution in [3.63, 3.8) is 0 Å². The standard InChI is InChI=1S/C38H49ClN7O3/c1-36(2,3)38(7,37(4,5)6)46-18-16-45(17-19-46)15-10-20-49-32-23-30-29(22-31(32)48-8)34(42-25-41-30)43-28-13-14-33(40-24-28)44-35(47)26-11-9-12-27(39)21-26/h9,11-14,21-25H,7,10,15-20H2,1-6,8H3,(H,40,44,47)(H,41,42,43). The summed E-state index contributed by atoms with van der Waals surface area (Å²) in [5, 5.41) is 7.35. The Morgan fingerprint density at radius 2 is 1.67 bits per heavy atom. The van der Waals surface area contributed by atoms with E-state index >= 15 is 0 Å². The fourth-order valence-corrected chi connectivity index (χ4v) is 7.02. The maximum Gasteiger partial charge on any atom is 0.256 e. The van der Waals surface area contributed by atoms with Gasteiger partial charge in [-0.3, -0.25) is 9.69 Å². The van der Waals surface area contributed by atoms with E-state index < -0.39 is 0 Å². The number of fused-ring (bicyclic) bond motifs is 1. The highest BCUT2D eigenvalue weighted by Crippen LogP contribution is 2.48. The predicted molar refractivity (Wildman–Crippen MR) is 198 cm³/mol. The second-order valence-corrected chi connectivity index (χ2v) is 15.1. The molecule has 0 saturated carbocycles. The number of amides is 1. The van der Waals surface area contributed by atoms with Crippen LogP contribution in [0.3, 0.4) is 0 Å². The van der Waals surface area contributed by atoms with Gasteiger partial charge in [0.25, 0.3) is 5.91 Å². The number of pyridine rings is 1. The van der Waals surface area contributed by atoms with E-state index in [9.17, 15) is 4.79 Å². The van der Waals surface area contributed by atoms with Crippen molar-refractivity contribution in [3.8, 4) is 11.5 Å². The van der Waals surface area contributed by atoms with Crippen molar-refractivity contribution >= 4 is 45.7 Å². The zero-order chi connectivity index (χ0) is 35.4. The molecule has 11 heteroatoms. The number of benzene rings is 2. The maximum atomic E-state index is 12.6. The van der Waals surface area contributed by atoms with E-state index in [4.69, 9.17) is 28.0 Å². The van der Waals surface area contributed by atoms with Gasteiger partial charge in [0, 0.05) is 60.3 Å². The first-order chi connectivity index (χ1) is 23.2. The summed E-state index contributed by atoms with van der Waals surface area (Å²) in [5.74, 6) is 1.96. The van der Waals surface area contributed by atoms with Gasteiger partial charge >= 0.3 is 0 Å². The van der Waals surface area contributed by atoms with Gasteiger partial charge in [0.15, 0.2) is 11.5 Å². The molecule has 1 radical (unpaired) electrons. The molecular formula is C38H49ClN7O3. The SMILES string of the molecule is [CH2]C(N1CCN(CCCOc2cc3ncnc(Nc4ccc(NC(=O)c5cccc(Cl)c5)nc4)c3cc2OC)CC1)(C(C)(C)C)C(C)(C)C. The van der Waals surface area contributed by atoms with E-state index in [1.807, 2.05) is 18.2 Å². The van der Waals surface area contributed by atoms with Crippen molar-refractivity contribution < 1.29 is 14.3 Å². The van der Waals surface area contributed by atoms with Crippen molar-refractivity contribution in [2.75, 3.05) is 57.1 Å². The molecule has 2 aromatic heterocycles. The lowest BCUT2D eigenvalue weighted by Crippen LogP contribution is -2.66. The van der Waals surface area contributed by atoms with Crippen LogP contribution in [0, 0.1) is 17.8 Å². The zero-order valence-corrected chi connectivity index (χ0v) is 30.5. The monoisotopic (exact) mass is 686 g/mol. The van der Waals surface area contributed by atoms with E-state index in [-0.39, 0.29) is 22.3 Å². The van der Waals surface area contributed by atoms with E-state index in [0.717, 1.165) is 50.0 Å². The van der Waals surface area contributed by atoms with Gasteiger partial charge in [0.2, 0.25) is 0 Å². The molecule has 2 aromatic carbocycles. The third-order valence-corrected chi connectivity index (χ3v) is 9.78. The number of hydrogen-bond acceptors (Lipinski definition) is 9. The lowest BCUT2D eigenvalue weighted by atomic mass is 9.60. The largest absolute Gasteiger partial charge is 0.493 e. The number of carbonyl (C=O) groups is 1. The Kier molecular flexibility index (Phi) is 11.0. The molecule has 3 heterocycles. The van der Waals surface area contributed by atoms with E-state index in [2.05, 4.69) is 76.9 Å². The first kappa shape index (κ1) is 36.3. The average molecular weight is 687 g/mol. The molecule has 5 rings (SSSR count). The quantitative estimate of drug-likeness (QED) is 0.153. The molecule has 1 saturated heterocycles. The summed E-state index contributed by atoms with van der Waals surface area (Å²) in [4.78, 5) is 31.0. The highest BCUT2D eigenvalue weighted by molar-refractivity contribution is 6.31. The van der Waals surface area contributed by atoms with Crippen LogP contribution in [-0.4, -0.2) is 82.6 Å². The number of nitrogens with one attached hydrogen (secondary N) is 2. The molecule has 0 spiro atoms. The summed E-state index contributed by atoms with van der Waals surface area (Å²) in [6.45, 7) is 24.2. The highest BCUT2D eigenvalue weighted by atomic mass is 35.5. The van der Waals surface area contributed by atoms with Gasteiger partial charge in [-0.25, -0.2) is 15.0 Å². The van der Waals surface area contributed by atoms with Gasteiger partial charge in [0.1, 0.15) is 18.0 Å². The van der Waals surface area contributed by atoms with Gasteiger partial charge in [-0.1, -0.05) is 59.2 Å². The number of aromatic nitrogens is 3. The predicted octanol–water partition coefficient (Wildman–Crippen LogP) is 7.73. The van der Waals surface area contributed by atoms with E-state index in [0.29, 0.717) is 46.0 Å². The maximum absolute atomic E-state index is 12.6. The van der Waals surface area contributed by atoms with Gasteiger partial charge in [0.05, 0.1) is 31.1 Å². The smallest absolute Gasteiger partial charge is 0.256 e. The van der Waals surface area contributed by atoms with Crippen LogP contribution in [0.4, 0.5) is 17.3 Å². The van der Waals surface area contributed by atoms with Crippen LogP contribution < -0.4 is 20.1 Å². The minimum Gasteiger partial charge on any atom is -0.493 e. The van der Waals surface area contributed by atoms with E-state index in [1.54, 1.807) is 43.6 Å². The topological polar surface area (TPSA) is 105 Å². The normalized spacial score (nSPS) is 14.9. The molecule has 0 unspecified atom stereocenters. The first-order valence-corrected chi connectivity index (χ1v) is 17.2. The van der Waals surface area contributed by atoms with E-state index in [1.165, 1.54) is 6.33 Å². The Morgan fingerprint density at radius 3 is 2.31 bits per heavy atom. The number of rotatable bonds is 11. The number of anilines is 3. The van der Waals surface area contributed by atoms with Crippen LogP contribution in [-0.2, 0) is 0 Å². The first-order valence-electron chi connectivity index (χ1n) is 16.8. The molecule has 0 bridgehead atoms. The van der Waals surface area contributed by atoms with Crippen molar-refractivity contribution in [2.24, 2.45) is 10.8 Å². The summed E-state index contributed by atoms with van der Waals surface area (Å²) in [5.41, 5.74) is 1.83. The summed E-state index contributed by atoms with van der Waals surface area (Å²) in [6, 6.07) is 14.0. The number of nitrogens with zero attached hydrogens (tertiary/aromatic N) is 5. The third-order valence-electron chi connectivity index (χ3n) is 9.55. The Labute approximate surface area is 295 Å². The fourth-order valence-electron chi connectivity index (χ4n) is 6.83. The van der Waals surface area contributed by atoms with Crippen LogP contribution >= 0.6 is 11.6 Å². The van der Waals surface area contributed by atoms with Gasteiger partial charge in [-0.2, -0.15) is 0 Å². The van der Waals surface area contributed by atoms with Crippen LogP contribution in [0.2, 0.25) is 5.02 Å². The Balaban J connectivity index is 1.16. The number of ether oxygens (including phenoxy) is 2. The molecule has 1 aliphatic heterocycles. The molecule has 261 valence electrons. The minimum atomic E-state index is -0.293. The molecule has 4 aromatic rings. The van der Waals surface area contributed by atoms with Crippen molar-refractivity contribution in [3.05, 3.63) is 78.6 Å². The van der Waals surface area contributed by atoms with Crippen molar-refractivity contribution in [1.29, 1.82) is 0 Å². The van der Waals surface area contributed by atoms with Crippen LogP contribution in [0.5, 0.6) is 11.5 Å². The van der Waals surface area contributed by atoms with Crippen molar-refractivity contribution in [1.82, 2.24) is 24.8 Å². The molecule has 0 aliphatic carbocycles. The second-order valence-electron chi connectivity index (χ2n) is 14.7. The number of halogens is 1. The summed E-state index contributed by atoms with van der Waals surface area (Å²) in [6.07, 6.45) is 4.03. The molecule has 1 aliphatic rings. The average Bonchev–Trinajstić information content (AvgIpc) is 3.06. The second kappa shape index (κ2) is 14.9. The number of piperazine rings is 1. The molecule has 0 atom stereocenters. The number of carbonyl (C=O) groups excluding carboxylic acids is 1.